The van der Waals surface area contributed by atoms with Crippen molar-refractivity contribution < 1.29 is 24.2 Å². The molecule has 1 rings (SSSR count). The number of hydrogen-bond donors (Lipinski definition) is 3. The van der Waals surface area contributed by atoms with Crippen LogP contribution in [0.1, 0.15) is 33.3 Å². The van der Waals surface area contributed by atoms with E-state index in [-0.39, 0.29) is 6.73 Å². The minimum absolute atomic E-state index is 0.163. The van der Waals surface area contributed by atoms with Gasteiger partial charge in [0.25, 0.3) is 0 Å². The molecule has 7 nitrogen and oxygen atoms in total. The summed E-state index contributed by atoms with van der Waals surface area (Å²) in [5.41, 5.74) is 0.330. The Bertz CT molecular complexity index is 528. The fourth-order valence-corrected chi connectivity index (χ4v) is 1.89. The maximum atomic E-state index is 11.7. The van der Waals surface area contributed by atoms with Gasteiger partial charge in [-0.15, -0.1) is 0 Å². The lowest BCUT2D eigenvalue weighted by Gasteiger charge is -2.25. The van der Waals surface area contributed by atoms with Gasteiger partial charge in [0.15, 0.2) is 0 Å². The van der Waals surface area contributed by atoms with Crippen LogP contribution in [0.3, 0.4) is 0 Å². The minimum atomic E-state index is -1.15. The van der Waals surface area contributed by atoms with Crippen LogP contribution in [0, 0.1) is 0 Å². The lowest BCUT2D eigenvalue weighted by molar-refractivity contribution is -0.140. The minimum Gasteiger partial charge on any atom is -0.480 e. The van der Waals surface area contributed by atoms with Crippen molar-refractivity contribution in [1.29, 1.82) is 0 Å². The molecule has 0 saturated carbocycles. The van der Waals surface area contributed by atoms with Crippen LogP contribution in [0.25, 0.3) is 0 Å². The fraction of sp³-hybridized carbons (Fsp3) is 0.529. The third-order valence-corrected chi connectivity index (χ3v) is 3.06. The summed E-state index contributed by atoms with van der Waals surface area (Å²) in [6.45, 7) is 7.36. The first-order valence-electron chi connectivity index (χ1n) is 7.76. The Morgan fingerprint density at radius 2 is 1.83 bits per heavy atom. The molecule has 1 aromatic carbocycles. The fourth-order valence-electron chi connectivity index (χ4n) is 1.89. The average molecular weight is 338 g/mol. The van der Waals surface area contributed by atoms with Crippen LogP contribution in [0.2, 0.25) is 0 Å². The molecule has 0 spiro atoms. The van der Waals surface area contributed by atoms with E-state index in [0.29, 0.717) is 6.61 Å². The first-order valence-corrected chi connectivity index (χ1v) is 7.76. The lowest BCUT2D eigenvalue weighted by atomic mass is 10.1. The topological polar surface area (TPSA) is 96.9 Å². The number of carboxylic acid groups (broad SMARTS) is 1. The Balaban J connectivity index is 2.41. The molecule has 0 heterocycles. The van der Waals surface area contributed by atoms with Gasteiger partial charge in [0.05, 0.1) is 13.3 Å². The molecule has 0 saturated heterocycles. The van der Waals surface area contributed by atoms with Crippen LogP contribution in [-0.2, 0) is 20.9 Å². The van der Waals surface area contributed by atoms with Gasteiger partial charge in [0, 0.05) is 6.04 Å². The molecule has 1 amide bonds. The summed E-state index contributed by atoms with van der Waals surface area (Å²) in [4.78, 5) is 23.1. The first-order chi connectivity index (χ1) is 11.2. The van der Waals surface area contributed by atoms with E-state index < -0.39 is 29.7 Å². The van der Waals surface area contributed by atoms with Crippen LogP contribution < -0.4 is 10.6 Å². The number of amides is 1. The second kappa shape index (κ2) is 9.24. The second-order valence-electron chi connectivity index (χ2n) is 6.43. The van der Waals surface area contributed by atoms with Crippen LogP contribution in [0.15, 0.2) is 30.3 Å². The highest BCUT2D eigenvalue weighted by Crippen LogP contribution is 2.07. The molecule has 0 aliphatic rings. The molecule has 0 radical (unpaired) electrons. The number of carbonyl (C=O) groups is 2. The Morgan fingerprint density at radius 1 is 1.21 bits per heavy atom. The summed E-state index contributed by atoms with van der Waals surface area (Å²) in [5, 5.41) is 14.6. The van der Waals surface area contributed by atoms with Crippen LogP contribution in [0.5, 0.6) is 0 Å². The highest BCUT2D eigenvalue weighted by atomic mass is 16.6. The first kappa shape index (κ1) is 19.9. The predicted molar refractivity (Wildman–Crippen MR) is 89.5 cm³/mol. The van der Waals surface area contributed by atoms with E-state index in [1.54, 1.807) is 27.7 Å². The number of carboxylic acids is 1. The van der Waals surface area contributed by atoms with Crippen LogP contribution >= 0.6 is 0 Å². The number of alkyl carbamates (subject to hydrolysis) is 1. The molecule has 0 unspecified atom stereocenters. The molecule has 0 fully saturated rings. The van der Waals surface area contributed by atoms with Crippen molar-refractivity contribution in [2.24, 2.45) is 0 Å². The van der Waals surface area contributed by atoms with Gasteiger partial charge in [-0.25, -0.2) is 9.59 Å². The number of benzene rings is 1. The third kappa shape index (κ3) is 7.94. The van der Waals surface area contributed by atoms with Gasteiger partial charge < -0.3 is 19.9 Å². The Labute approximate surface area is 142 Å². The molecule has 134 valence electrons. The number of nitrogens with one attached hydrogen (secondary N) is 2. The van der Waals surface area contributed by atoms with Crippen LogP contribution in [0.4, 0.5) is 4.79 Å². The average Bonchev–Trinajstić information content (AvgIpc) is 2.48. The van der Waals surface area contributed by atoms with E-state index in [1.165, 1.54) is 0 Å². The van der Waals surface area contributed by atoms with Gasteiger partial charge in [0.2, 0.25) is 0 Å². The van der Waals surface area contributed by atoms with E-state index in [1.807, 2.05) is 30.3 Å². The Hall–Kier alpha value is -2.12. The smallest absolute Gasteiger partial charge is 0.408 e. The van der Waals surface area contributed by atoms with Gasteiger partial charge >= 0.3 is 12.1 Å². The molecule has 2 atom stereocenters. The predicted octanol–water partition coefficient (Wildman–Crippen LogP) is 2.12. The number of hydrogen-bond acceptors (Lipinski definition) is 5. The highest BCUT2D eigenvalue weighted by molar-refractivity contribution is 5.80. The zero-order valence-corrected chi connectivity index (χ0v) is 14.5. The monoisotopic (exact) mass is 338 g/mol. The van der Waals surface area contributed by atoms with Gasteiger partial charge in [-0.05, 0) is 33.3 Å². The van der Waals surface area contributed by atoms with Gasteiger partial charge in [-0.1, -0.05) is 30.3 Å². The van der Waals surface area contributed by atoms with E-state index in [2.05, 4.69) is 10.6 Å². The standard InChI is InChI=1S/C17H26N2O5/c1-12(18-11-23-10-13-8-6-5-7-9-13)14(15(20)21)19-16(22)24-17(2,3)4/h5-9,12,14,18H,10-11H2,1-4H3,(H,19,22)(H,20,21)/t12-,14-/m0/s1. The number of carbonyl (C=O) groups excluding carboxylic acids is 1. The summed E-state index contributed by atoms with van der Waals surface area (Å²) in [7, 11) is 0. The number of ether oxygens (including phenoxy) is 2. The highest BCUT2D eigenvalue weighted by Gasteiger charge is 2.28. The van der Waals surface area contributed by atoms with Crippen LogP contribution in [-0.4, -0.2) is 41.6 Å². The van der Waals surface area contributed by atoms with E-state index in [4.69, 9.17) is 9.47 Å². The molecule has 0 aliphatic carbocycles. The summed E-state index contributed by atoms with van der Waals surface area (Å²) in [6.07, 6.45) is -0.770. The number of aliphatic carboxylic acids is 1. The summed E-state index contributed by atoms with van der Waals surface area (Å²) in [5.74, 6) is -1.15. The van der Waals surface area contributed by atoms with E-state index >= 15 is 0 Å². The van der Waals surface area contributed by atoms with Crippen molar-refractivity contribution >= 4 is 12.1 Å². The maximum absolute atomic E-state index is 11.7. The molecule has 0 aromatic heterocycles. The second-order valence-corrected chi connectivity index (χ2v) is 6.43. The molecule has 1 aromatic rings. The largest absolute Gasteiger partial charge is 0.480 e. The van der Waals surface area contributed by atoms with E-state index in [0.717, 1.165) is 5.56 Å². The molecular weight excluding hydrogens is 312 g/mol. The quantitative estimate of drug-likeness (QED) is 0.496. The molecular formula is C17H26N2O5. The van der Waals surface area contributed by atoms with E-state index in [9.17, 15) is 14.7 Å². The zero-order chi connectivity index (χ0) is 18.2. The Kier molecular flexibility index (Phi) is 7.67. The summed E-state index contributed by atoms with van der Waals surface area (Å²) >= 11 is 0. The molecule has 24 heavy (non-hydrogen) atoms. The molecule has 0 bridgehead atoms. The van der Waals surface area contributed by atoms with Crippen molar-refractivity contribution in [2.45, 2.75) is 52.0 Å². The van der Waals surface area contributed by atoms with Gasteiger partial charge in [-0.3, -0.25) is 5.32 Å². The van der Waals surface area contributed by atoms with Crippen molar-refractivity contribution in [2.75, 3.05) is 6.73 Å². The molecule has 0 aliphatic heterocycles. The summed E-state index contributed by atoms with van der Waals surface area (Å²) in [6, 6.07) is 7.97. The van der Waals surface area contributed by atoms with Crippen molar-refractivity contribution in [3.63, 3.8) is 0 Å². The SMILES string of the molecule is C[C@H](NCOCc1ccccc1)[C@H](NC(=O)OC(C)(C)C)C(=O)O. The summed E-state index contributed by atoms with van der Waals surface area (Å²) < 4.78 is 10.5. The molecule has 7 heteroatoms. The van der Waals surface area contributed by atoms with Gasteiger partial charge in [-0.2, -0.15) is 0 Å². The number of rotatable bonds is 8. The van der Waals surface area contributed by atoms with Crippen molar-refractivity contribution in [3.05, 3.63) is 35.9 Å². The zero-order valence-electron chi connectivity index (χ0n) is 14.5. The van der Waals surface area contributed by atoms with Gasteiger partial charge in [0.1, 0.15) is 11.6 Å². The molecule has 3 N–H and O–H groups in total. The normalized spacial score (nSPS) is 13.8. The van der Waals surface area contributed by atoms with Crippen molar-refractivity contribution in [3.8, 4) is 0 Å². The Morgan fingerprint density at radius 3 is 2.38 bits per heavy atom. The lowest BCUT2D eigenvalue weighted by Crippen LogP contribution is -2.54. The third-order valence-electron chi connectivity index (χ3n) is 3.06. The maximum Gasteiger partial charge on any atom is 0.408 e. The van der Waals surface area contributed by atoms with Crippen molar-refractivity contribution in [1.82, 2.24) is 10.6 Å².